The Kier molecular flexibility index (Phi) is 6.46. The van der Waals surface area contributed by atoms with Gasteiger partial charge >= 0.3 is 0 Å². The number of nitro groups is 1. The number of ether oxygens (including phenoxy) is 1. The van der Waals surface area contributed by atoms with Crippen LogP contribution in [0.1, 0.15) is 32.3 Å². The van der Waals surface area contributed by atoms with Gasteiger partial charge in [0.05, 0.1) is 22.6 Å². The summed E-state index contributed by atoms with van der Waals surface area (Å²) in [4.78, 5) is 37.5. The molecule has 0 bridgehead atoms. The van der Waals surface area contributed by atoms with E-state index in [0.717, 1.165) is 11.8 Å². The van der Waals surface area contributed by atoms with Gasteiger partial charge in [-0.25, -0.2) is 5.01 Å². The van der Waals surface area contributed by atoms with Gasteiger partial charge in [0.2, 0.25) is 11.1 Å². The highest BCUT2D eigenvalue weighted by atomic mass is 32.2. The van der Waals surface area contributed by atoms with E-state index < -0.39 is 4.92 Å². The number of Topliss-reactive ketones (excluding diaryl/α,β-unsaturated/α-hetero) is 1. The summed E-state index contributed by atoms with van der Waals surface area (Å²) < 4.78 is 6.78. The summed E-state index contributed by atoms with van der Waals surface area (Å²) >= 11 is 1.09. The van der Waals surface area contributed by atoms with Crippen molar-refractivity contribution in [2.24, 2.45) is 0 Å². The number of nitro benzene ring substituents is 1. The fourth-order valence-electron chi connectivity index (χ4n) is 3.52. The van der Waals surface area contributed by atoms with Gasteiger partial charge in [-0.15, -0.1) is 10.2 Å². The summed E-state index contributed by atoms with van der Waals surface area (Å²) in [6, 6.07) is 13.0. The number of ketones is 1. The van der Waals surface area contributed by atoms with Crippen molar-refractivity contribution < 1.29 is 19.2 Å². The predicted octanol–water partition coefficient (Wildman–Crippen LogP) is 4.19. The first-order valence-electron chi connectivity index (χ1n) is 10.5. The molecule has 2 aromatic carbocycles. The van der Waals surface area contributed by atoms with Gasteiger partial charge < -0.3 is 4.74 Å². The van der Waals surface area contributed by atoms with E-state index in [1.165, 1.54) is 23.2 Å². The fraction of sp³-hybridized carbons (Fsp3) is 0.217. The Morgan fingerprint density at radius 2 is 1.79 bits per heavy atom. The van der Waals surface area contributed by atoms with Gasteiger partial charge in [0.25, 0.3) is 5.69 Å². The van der Waals surface area contributed by atoms with Gasteiger partial charge in [0.15, 0.2) is 11.6 Å². The van der Waals surface area contributed by atoms with Crippen molar-refractivity contribution in [3.05, 3.63) is 69.1 Å². The van der Waals surface area contributed by atoms with E-state index in [4.69, 9.17) is 4.74 Å². The molecule has 0 spiro atoms. The van der Waals surface area contributed by atoms with Crippen LogP contribution in [0.15, 0.2) is 58.6 Å². The molecule has 0 unspecified atom stereocenters. The highest BCUT2D eigenvalue weighted by Crippen LogP contribution is 2.42. The Morgan fingerprint density at radius 1 is 1.06 bits per heavy atom. The van der Waals surface area contributed by atoms with Crippen molar-refractivity contribution >= 4 is 34.8 Å². The van der Waals surface area contributed by atoms with Gasteiger partial charge in [-0.3, -0.25) is 19.7 Å². The largest absolute Gasteiger partial charge is 0.497 e. The quantitative estimate of drug-likeness (QED) is 0.365. The van der Waals surface area contributed by atoms with E-state index in [-0.39, 0.29) is 40.8 Å². The van der Waals surface area contributed by atoms with Crippen molar-refractivity contribution in [2.75, 3.05) is 12.1 Å². The maximum absolute atomic E-state index is 13.3. The first-order valence-corrected chi connectivity index (χ1v) is 11.3. The van der Waals surface area contributed by atoms with Crippen molar-refractivity contribution in [1.82, 2.24) is 14.9 Å². The van der Waals surface area contributed by atoms with Crippen LogP contribution in [-0.2, 0) is 9.59 Å². The normalized spacial score (nSPS) is 13.0. The van der Waals surface area contributed by atoms with Gasteiger partial charge in [0.1, 0.15) is 5.75 Å². The van der Waals surface area contributed by atoms with Crippen LogP contribution in [0.25, 0.3) is 17.1 Å². The minimum absolute atomic E-state index is 0.121. The number of aromatic nitrogens is 3. The van der Waals surface area contributed by atoms with Crippen LogP contribution < -0.4 is 9.75 Å². The number of hydrogen-bond acceptors (Lipinski definition) is 8. The zero-order valence-corrected chi connectivity index (χ0v) is 19.5. The standard InChI is InChI=1S/C23H21N5O5S/c1-4-18(29)21-20(15-7-6-8-16(13-15)28(31)32)26(19(30)5-2)27-22(24-25-23(27)34-21)14-9-11-17(33-3)12-10-14/h6-13H,4-5H2,1-3H3. The molecule has 0 fully saturated rings. The van der Waals surface area contributed by atoms with Crippen LogP contribution in [0.2, 0.25) is 0 Å². The molecular weight excluding hydrogens is 458 g/mol. The molecule has 3 aromatic rings. The highest BCUT2D eigenvalue weighted by molar-refractivity contribution is 8.04. The lowest BCUT2D eigenvalue weighted by molar-refractivity contribution is -0.384. The Labute approximate surface area is 199 Å². The third-order valence-electron chi connectivity index (χ3n) is 5.22. The van der Waals surface area contributed by atoms with Gasteiger partial charge in [-0.1, -0.05) is 26.0 Å². The summed E-state index contributed by atoms with van der Waals surface area (Å²) in [5, 5.41) is 21.7. The minimum atomic E-state index is -0.514. The average molecular weight is 480 g/mol. The van der Waals surface area contributed by atoms with Crippen LogP contribution in [0, 0.1) is 10.1 Å². The molecule has 0 N–H and O–H groups in total. The number of carbonyl (C=O) groups is 2. The molecule has 11 heteroatoms. The minimum Gasteiger partial charge on any atom is -0.497 e. The molecule has 1 aliphatic heterocycles. The smallest absolute Gasteiger partial charge is 0.270 e. The summed E-state index contributed by atoms with van der Waals surface area (Å²) in [7, 11) is 1.56. The van der Waals surface area contributed by atoms with E-state index in [1.54, 1.807) is 56.0 Å². The lowest BCUT2D eigenvalue weighted by Crippen LogP contribution is -2.42. The molecule has 4 rings (SSSR count). The topological polar surface area (TPSA) is 120 Å². The second kappa shape index (κ2) is 9.48. The van der Waals surface area contributed by atoms with Gasteiger partial charge in [-0.2, -0.15) is 4.68 Å². The van der Waals surface area contributed by atoms with Gasteiger partial charge in [0, 0.05) is 36.1 Å². The number of non-ortho nitro benzene ring substituents is 1. The van der Waals surface area contributed by atoms with Crippen molar-refractivity contribution in [3.63, 3.8) is 0 Å². The maximum atomic E-state index is 13.3. The molecule has 1 amide bonds. The van der Waals surface area contributed by atoms with E-state index in [9.17, 15) is 19.7 Å². The molecule has 0 saturated carbocycles. The number of benzene rings is 2. The predicted molar refractivity (Wildman–Crippen MR) is 127 cm³/mol. The van der Waals surface area contributed by atoms with Crippen LogP contribution >= 0.6 is 11.8 Å². The number of allylic oxidation sites excluding steroid dienone is 1. The van der Waals surface area contributed by atoms with Crippen LogP contribution in [0.4, 0.5) is 5.69 Å². The lowest BCUT2D eigenvalue weighted by Gasteiger charge is -2.33. The molecule has 0 aliphatic carbocycles. The van der Waals surface area contributed by atoms with Crippen molar-refractivity contribution in [1.29, 1.82) is 0 Å². The number of methoxy groups -OCH3 is 1. The summed E-state index contributed by atoms with van der Waals surface area (Å²) in [5.41, 5.74) is 1.18. The Hall–Kier alpha value is -3.99. The zero-order chi connectivity index (χ0) is 24.4. The van der Waals surface area contributed by atoms with Crippen molar-refractivity contribution in [2.45, 2.75) is 31.8 Å². The maximum Gasteiger partial charge on any atom is 0.270 e. The van der Waals surface area contributed by atoms with Gasteiger partial charge in [-0.05, 0) is 36.0 Å². The second-order valence-electron chi connectivity index (χ2n) is 7.27. The lowest BCUT2D eigenvalue weighted by atomic mass is 10.1. The van der Waals surface area contributed by atoms with E-state index in [1.807, 2.05) is 0 Å². The molecule has 1 aromatic heterocycles. The molecule has 0 saturated heterocycles. The molecule has 34 heavy (non-hydrogen) atoms. The third kappa shape index (κ3) is 4.05. The summed E-state index contributed by atoms with van der Waals surface area (Å²) in [6.07, 6.45) is 0.310. The van der Waals surface area contributed by atoms with E-state index in [2.05, 4.69) is 10.2 Å². The SMILES string of the molecule is CCC(=O)C1=C(c2cccc([N+](=O)[O-])c2)N(C(=O)CC)n2c(nnc2-c2ccc(OC)cc2)S1. The van der Waals surface area contributed by atoms with E-state index in [0.29, 0.717) is 27.9 Å². The Morgan fingerprint density at radius 3 is 2.41 bits per heavy atom. The van der Waals surface area contributed by atoms with Crippen LogP contribution in [0.3, 0.4) is 0 Å². The first-order chi connectivity index (χ1) is 16.4. The first kappa shape index (κ1) is 23.2. The van der Waals surface area contributed by atoms with Crippen LogP contribution in [0.5, 0.6) is 5.75 Å². The summed E-state index contributed by atoms with van der Waals surface area (Å²) in [5.74, 6) is 0.517. The molecular formula is C23H21N5O5S. The number of rotatable bonds is 7. The van der Waals surface area contributed by atoms with E-state index >= 15 is 0 Å². The molecule has 174 valence electrons. The number of hydrogen-bond donors (Lipinski definition) is 0. The number of fused-ring (bicyclic) bond motifs is 1. The monoisotopic (exact) mass is 479 g/mol. The molecule has 10 nitrogen and oxygen atoms in total. The molecule has 1 aliphatic rings. The Bertz CT molecular complexity index is 1320. The molecule has 0 atom stereocenters. The highest BCUT2D eigenvalue weighted by Gasteiger charge is 2.37. The number of carbonyl (C=O) groups excluding carboxylic acids is 2. The van der Waals surface area contributed by atoms with Crippen LogP contribution in [-0.4, -0.2) is 38.6 Å². The fourth-order valence-corrected chi connectivity index (χ4v) is 4.60. The molecule has 0 radical (unpaired) electrons. The number of thioether (sulfide) groups is 1. The summed E-state index contributed by atoms with van der Waals surface area (Å²) in [6.45, 7) is 3.42. The third-order valence-corrected chi connectivity index (χ3v) is 6.29. The Balaban J connectivity index is 1.97. The second-order valence-corrected chi connectivity index (χ2v) is 8.25. The van der Waals surface area contributed by atoms with Crippen molar-refractivity contribution in [3.8, 4) is 17.1 Å². The molecule has 2 heterocycles. The average Bonchev–Trinajstić information content (AvgIpc) is 3.30. The zero-order valence-electron chi connectivity index (χ0n) is 18.7. The number of nitrogens with zero attached hydrogens (tertiary/aromatic N) is 5. The number of amides is 1.